The van der Waals surface area contributed by atoms with Gasteiger partial charge in [0.05, 0.1) is 10.9 Å². The van der Waals surface area contributed by atoms with Gasteiger partial charge in [-0.25, -0.2) is 0 Å². The van der Waals surface area contributed by atoms with Gasteiger partial charge in [0.1, 0.15) is 0 Å². The van der Waals surface area contributed by atoms with Crippen molar-refractivity contribution < 1.29 is 9.90 Å². The molecule has 0 saturated carbocycles. The summed E-state index contributed by atoms with van der Waals surface area (Å²) in [6.45, 7) is 2.74. The van der Waals surface area contributed by atoms with E-state index in [1.165, 1.54) is 11.1 Å². The molecule has 0 aromatic heterocycles. The third kappa shape index (κ3) is 3.82. The zero-order valence-electron chi connectivity index (χ0n) is 10.3. The third-order valence-corrected chi connectivity index (χ3v) is 3.39. The van der Waals surface area contributed by atoms with Crippen molar-refractivity contribution in [2.24, 2.45) is 0 Å². The average Bonchev–Trinajstić information content (AvgIpc) is 2.36. The third-order valence-electron chi connectivity index (χ3n) is 3.19. The van der Waals surface area contributed by atoms with Crippen molar-refractivity contribution in [1.29, 1.82) is 0 Å². The van der Waals surface area contributed by atoms with Crippen LogP contribution in [0.3, 0.4) is 0 Å². The van der Waals surface area contributed by atoms with Crippen LogP contribution in [0.4, 0.5) is 4.79 Å². The van der Waals surface area contributed by atoms with Crippen LogP contribution in [0.1, 0.15) is 11.1 Å². The Labute approximate surface area is 115 Å². The van der Waals surface area contributed by atoms with Gasteiger partial charge < -0.3 is 15.2 Å². The standard InChI is InChI=1S/C13H17N2O2.Al/c16-10-14-7-13(17)9-15-6-5-11-3-1-2-4-12(11)8-15;/h1-4,13,17H,5-9H2,(H,14,16);. The van der Waals surface area contributed by atoms with Crippen LogP contribution in [0.5, 0.6) is 0 Å². The van der Waals surface area contributed by atoms with Crippen LogP contribution >= 0.6 is 0 Å². The summed E-state index contributed by atoms with van der Waals surface area (Å²) in [7, 11) is 0. The molecule has 4 nitrogen and oxygen atoms in total. The summed E-state index contributed by atoms with van der Waals surface area (Å²) < 4.78 is -0.182. The molecule has 94 valence electrons. The van der Waals surface area contributed by atoms with Crippen molar-refractivity contribution in [2.45, 2.75) is 19.1 Å². The van der Waals surface area contributed by atoms with E-state index in [0.29, 0.717) is 13.1 Å². The van der Waals surface area contributed by atoms with Crippen molar-refractivity contribution in [2.75, 3.05) is 19.6 Å². The largest absolute Gasteiger partial charge is 0.390 e. The van der Waals surface area contributed by atoms with Crippen molar-refractivity contribution in [3.8, 4) is 0 Å². The van der Waals surface area contributed by atoms with E-state index in [0.717, 1.165) is 19.5 Å². The quantitative estimate of drug-likeness (QED) is 0.765. The summed E-state index contributed by atoms with van der Waals surface area (Å²) in [5.74, 6) is 0. The second-order valence-corrected chi connectivity index (χ2v) is 5.18. The summed E-state index contributed by atoms with van der Waals surface area (Å²) >= 11 is 2.05. The van der Waals surface area contributed by atoms with Gasteiger partial charge in [-0.05, 0) is 17.5 Å². The molecule has 0 saturated heterocycles. The van der Waals surface area contributed by atoms with Crippen LogP contribution in [-0.2, 0) is 13.0 Å². The highest BCUT2D eigenvalue weighted by atomic mass is 27.0. The van der Waals surface area contributed by atoms with Gasteiger partial charge in [0.15, 0.2) is 0 Å². The maximum absolute atomic E-state index is 10.7. The lowest BCUT2D eigenvalue weighted by atomic mass is 10.00. The van der Waals surface area contributed by atoms with Crippen LogP contribution in [0.25, 0.3) is 0 Å². The molecule has 1 heterocycles. The summed E-state index contributed by atoms with van der Waals surface area (Å²) in [5.41, 5.74) is 2.74. The molecular formula is C13H17AlN2O2. The topological polar surface area (TPSA) is 52.6 Å². The summed E-state index contributed by atoms with van der Waals surface area (Å²) in [6.07, 6.45) is 0.513. The molecule has 0 fully saturated rings. The molecule has 2 rings (SSSR count). The maximum atomic E-state index is 10.7. The molecule has 18 heavy (non-hydrogen) atoms. The number of hydrogen-bond acceptors (Lipinski definition) is 3. The lowest BCUT2D eigenvalue weighted by Crippen LogP contribution is -2.41. The molecule has 1 atom stereocenters. The van der Waals surface area contributed by atoms with Crippen LogP contribution in [0.15, 0.2) is 24.3 Å². The van der Waals surface area contributed by atoms with Crippen molar-refractivity contribution in [3.63, 3.8) is 0 Å². The highest BCUT2D eigenvalue weighted by Gasteiger charge is 2.18. The highest BCUT2D eigenvalue weighted by molar-refractivity contribution is 6.57. The number of benzene rings is 1. The fourth-order valence-corrected chi connectivity index (χ4v) is 2.41. The number of nitrogens with zero attached hydrogens (tertiary/aromatic N) is 1. The van der Waals surface area contributed by atoms with E-state index < -0.39 is 6.10 Å². The fraction of sp³-hybridized carbons (Fsp3) is 0.462. The molecule has 2 radical (unpaired) electrons. The lowest BCUT2D eigenvalue weighted by molar-refractivity contribution is 0.106. The van der Waals surface area contributed by atoms with Gasteiger partial charge in [0.25, 0.3) is 16.3 Å². The molecular weight excluding hydrogens is 243 g/mol. The predicted octanol–water partition coefficient (Wildman–Crippen LogP) is 0.284. The Morgan fingerprint density at radius 3 is 2.89 bits per heavy atom. The Bertz CT molecular complexity index is 425. The number of β-amino-alcohol motifs (C(OH)–C–C–N with tert-alkyl or cyclic N) is 1. The molecule has 0 spiro atoms. The first kappa shape index (κ1) is 13.6. The molecule has 2 N–H and O–H groups in total. The van der Waals surface area contributed by atoms with Gasteiger partial charge in [-0.15, -0.1) is 0 Å². The van der Waals surface area contributed by atoms with E-state index in [9.17, 15) is 9.90 Å². The minimum absolute atomic E-state index is 0.182. The minimum atomic E-state index is -0.514. The Morgan fingerprint density at radius 2 is 2.17 bits per heavy atom. The first-order chi connectivity index (χ1) is 8.65. The predicted molar refractivity (Wildman–Crippen MR) is 70.6 cm³/mol. The first-order valence-electron chi connectivity index (χ1n) is 6.15. The molecule has 1 unspecified atom stereocenters. The van der Waals surface area contributed by atoms with Gasteiger partial charge in [-0.2, -0.15) is 0 Å². The molecule has 0 bridgehead atoms. The lowest BCUT2D eigenvalue weighted by Gasteiger charge is -2.30. The SMILES string of the molecule is O=[C]([Al])NCC(O)CN1CCc2ccccc2C1. The van der Waals surface area contributed by atoms with Crippen molar-refractivity contribution in [3.05, 3.63) is 35.4 Å². The maximum Gasteiger partial charge on any atom is 0.281 e. The number of hydrogen-bond donors (Lipinski definition) is 2. The second-order valence-electron chi connectivity index (χ2n) is 4.65. The van der Waals surface area contributed by atoms with Gasteiger partial charge >= 0.3 is 0 Å². The molecule has 1 amide bonds. The average molecular weight is 260 g/mol. The Morgan fingerprint density at radius 1 is 1.44 bits per heavy atom. The van der Waals surface area contributed by atoms with E-state index in [1.807, 2.05) is 22.4 Å². The zero-order valence-corrected chi connectivity index (χ0v) is 11.5. The number of carbonyl (C=O) groups excluding carboxylic acids is 1. The van der Waals surface area contributed by atoms with Crippen molar-refractivity contribution >= 4 is 21.1 Å². The number of aliphatic hydroxyl groups excluding tert-OH is 1. The molecule has 1 aromatic rings. The number of carbonyl (C=O) groups is 1. The summed E-state index contributed by atoms with van der Waals surface area (Å²) in [5, 5.41) is 12.4. The van der Waals surface area contributed by atoms with Gasteiger partial charge in [0, 0.05) is 26.2 Å². The van der Waals surface area contributed by atoms with Crippen LogP contribution in [0, 0.1) is 0 Å². The van der Waals surface area contributed by atoms with E-state index in [1.54, 1.807) is 0 Å². The highest BCUT2D eigenvalue weighted by Crippen LogP contribution is 2.18. The van der Waals surface area contributed by atoms with Crippen LogP contribution in [0.2, 0.25) is 0 Å². The number of rotatable bonds is 4. The number of fused-ring (bicyclic) bond motifs is 1. The van der Waals surface area contributed by atoms with Gasteiger partial charge in [-0.1, -0.05) is 24.3 Å². The van der Waals surface area contributed by atoms with Gasteiger partial charge in [-0.3, -0.25) is 4.90 Å². The smallest absolute Gasteiger partial charge is 0.281 e. The Kier molecular flexibility index (Phi) is 4.79. The Hall–Kier alpha value is -0.858. The van der Waals surface area contributed by atoms with Crippen molar-refractivity contribution in [1.82, 2.24) is 10.2 Å². The van der Waals surface area contributed by atoms with E-state index >= 15 is 0 Å². The summed E-state index contributed by atoms with van der Waals surface area (Å²) in [6, 6.07) is 8.42. The fourth-order valence-electron chi connectivity index (χ4n) is 2.29. The summed E-state index contributed by atoms with van der Waals surface area (Å²) in [4.78, 5) is 13.0. The van der Waals surface area contributed by atoms with E-state index in [-0.39, 0.29) is 4.77 Å². The Balaban J connectivity index is 1.84. The monoisotopic (exact) mass is 260 g/mol. The normalized spacial score (nSPS) is 16.9. The van der Waals surface area contributed by atoms with Crippen LogP contribution < -0.4 is 5.32 Å². The number of nitrogens with one attached hydrogen (secondary N) is 1. The number of aliphatic hydroxyl groups is 1. The van der Waals surface area contributed by atoms with E-state index in [4.69, 9.17) is 0 Å². The molecule has 5 heteroatoms. The molecule has 1 aromatic carbocycles. The zero-order chi connectivity index (χ0) is 13.0. The first-order valence-corrected chi connectivity index (χ1v) is 6.73. The second kappa shape index (κ2) is 6.35. The van der Waals surface area contributed by atoms with Gasteiger partial charge in [0.2, 0.25) is 0 Å². The molecule has 0 aliphatic carbocycles. The molecule has 1 aliphatic rings. The minimum Gasteiger partial charge on any atom is -0.390 e. The van der Waals surface area contributed by atoms with Crippen LogP contribution in [-0.4, -0.2) is 56.8 Å². The number of amides is 1. The van der Waals surface area contributed by atoms with E-state index in [2.05, 4.69) is 28.4 Å². The molecule has 1 aliphatic heterocycles.